The molecule has 0 atom stereocenters. The van der Waals surface area contributed by atoms with Gasteiger partial charge in [0.1, 0.15) is 5.78 Å². The summed E-state index contributed by atoms with van der Waals surface area (Å²) in [5.41, 5.74) is 0.343. The van der Waals surface area contributed by atoms with E-state index in [1.54, 1.807) is 6.92 Å². The summed E-state index contributed by atoms with van der Waals surface area (Å²) in [7, 11) is 0. The van der Waals surface area contributed by atoms with E-state index in [4.69, 9.17) is 0 Å². The van der Waals surface area contributed by atoms with Crippen molar-refractivity contribution in [2.45, 2.75) is 73.6 Å². The van der Waals surface area contributed by atoms with Crippen molar-refractivity contribution in [1.82, 2.24) is 0 Å². The van der Waals surface area contributed by atoms with Crippen LogP contribution in [0.25, 0.3) is 0 Å². The molecule has 0 N–H and O–H groups in total. The van der Waals surface area contributed by atoms with Crippen molar-refractivity contribution in [3.8, 4) is 0 Å². The van der Waals surface area contributed by atoms with Gasteiger partial charge in [0.15, 0.2) is 0 Å². The maximum absolute atomic E-state index is 11.1. The van der Waals surface area contributed by atoms with Gasteiger partial charge in [-0.15, -0.1) is 0 Å². The minimum absolute atomic E-state index is 0. The van der Waals surface area contributed by atoms with Crippen LogP contribution in [0.3, 0.4) is 0 Å². The maximum Gasteiger partial charge on any atom is 0.129 e. The topological polar surface area (TPSA) is 17.1 Å². The van der Waals surface area contributed by atoms with Crippen molar-refractivity contribution in [3.05, 3.63) is 67.9 Å². The van der Waals surface area contributed by atoms with Gasteiger partial charge in [0, 0.05) is 203 Å². The number of ketones is 1. The average molecular weight is 889 g/mol. The Balaban J connectivity index is -0.000000208. The van der Waals surface area contributed by atoms with Gasteiger partial charge < -0.3 is 4.79 Å². The number of Topliss-reactive ketones (excluding diaryl/α,β-unsaturated/α-hetero) is 1. The third-order valence-corrected chi connectivity index (χ3v) is 4.28. The third kappa shape index (κ3) is 39.4. The summed E-state index contributed by atoms with van der Waals surface area (Å²) in [5, 5.41) is 0. The fourth-order valence-electron chi connectivity index (χ4n) is 2.38. The van der Waals surface area contributed by atoms with Crippen LogP contribution in [-0.2, 0) is 201 Å². The number of hydrogen-bond acceptors (Lipinski definition) is 1. The predicted octanol–water partition coefficient (Wildman–Crippen LogP) is 7.42. The van der Waals surface area contributed by atoms with E-state index < -0.39 is 0 Å². The number of rotatable bonds is 14. The van der Waals surface area contributed by atoms with Crippen LogP contribution in [0.2, 0.25) is 0 Å². The molecule has 0 aromatic carbocycles. The van der Waals surface area contributed by atoms with Gasteiger partial charge in [-0.1, -0.05) is 64.7 Å². The van der Waals surface area contributed by atoms with E-state index in [0.29, 0.717) is 6.42 Å². The molecule has 0 rings (SSSR count). The molecule has 0 fully saturated rings. The summed E-state index contributed by atoms with van der Waals surface area (Å²) >= 11 is 0. The van der Waals surface area contributed by atoms with E-state index in [2.05, 4.69) is 71.4 Å². The summed E-state index contributed by atoms with van der Waals surface area (Å²) in [4.78, 5) is 11.1. The second-order valence-corrected chi connectivity index (χ2v) is 8.35. The van der Waals surface area contributed by atoms with Crippen LogP contribution < -0.4 is 0 Å². The third-order valence-electron chi connectivity index (χ3n) is 4.28. The van der Waals surface area contributed by atoms with Crippen molar-refractivity contribution in [2.24, 2.45) is 10.8 Å². The fraction of sp³-hybridized carbons (Fsp3) is 0.520. The van der Waals surface area contributed by atoms with E-state index in [9.17, 15) is 4.79 Å². The Morgan fingerprint density at radius 3 is 1.34 bits per heavy atom. The number of unbranched alkanes of at least 4 members (excludes halogenated alkanes) is 1. The monoisotopic (exact) mass is 889 g/mol. The Bertz CT molecular complexity index is 509. The van der Waals surface area contributed by atoms with E-state index >= 15 is 0 Å². The normalized spacial score (nSPS) is 10.8. The Hall–Kier alpha value is 4.86. The SMILES string of the molecule is CCCCC(C)(C)/C=C\[CH-]/C=C\[CH-]/C=C\[CH-]/C=C\C(C)(C)CCC(C)=O.[Y].[Y].[Y].[Y].[Y].[Y]. The van der Waals surface area contributed by atoms with Crippen molar-refractivity contribution in [1.29, 1.82) is 0 Å². The Kier molecular flexibility index (Phi) is 56.3. The molecule has 0 unspecified atom stereocenters. The molecule has 1 nitrogen and oxygen atoms in total. The zero-order chi connectivity index (χ0) is 19.9. The van der Waals surface area contributed by atoms with Gasteiger partial charge in [-0.2, -0.15) is 24.3 Å². The van der Waals surface area contributed by atoms with Gasteiger partial charge in [0.25, 0.3) is 0 Å². The Morgan fingerprint density at radius 1 is 0.656 bits per heavy atom. The van der Waals surface area contributed by atoms with Gasteiger partial charge >= 0.3 is 0 Å². The van der Waals surface area contributed by atoms with Crippen molar-refractivity contribution >= 4 is 5.78 Å². The van der Waals surface area contributed by atoms with Crippen LogP contribution >= 0.6 is 0 Å². The van der Waals surface area contributed by atoms with E-state index in [1.165, 1.54) is 19.3 Å². The molecule has 166 valence electrons. The molecule has 0 aliphatic carbocycles. The minimum Gasteiger partial charge on any atom is -0.300 e. The first-order valence-corrected chi connectivity index (χ1v) is 9.88. The number of carbonyl (C=O) groups excluding carboxylic acids is 1. The average Bonchev–Trinajstić information content (AvgIpc) is 2.56. The molecule has 0 saturated heterocycles. The van der Waals surface area contributed by atoms with Gasteiger partial charge in [-0.05, 0) is 13.3 Å². The van der Waals surface area contributed by atoms with Gasteiger partial charge in [-0.3, -0.25) is 30.7 Å². The second-order valence-electron chi connectivity index (χ2n) is 8.35. The number of carbonyl (C=O) groups is 1. The van der Waals surface area contributed by atoms with Gasteiger partial charge in [0.05, 0.1) is 0 Å². The molecule has 0 spiro atoms. The van der Waals surface area contributed by atoms with Crippen LogP contribution in [-0.4, -0.2) is 5.78 Å². The van der Waals surface area contributed by atoms with Crippen molar-refractivity contribution < 1.29 is 201 Å². The quantitative estimate of drug-likeness (QED) is 0.166. The van der Waals surface area contributed by atoms with Gasteiger partial charge in [-0.25, -0.2) is 12.8 Å². The molecule has 0 aliphatic heterocycles. The largest absolute Gasteiger partial charge is 0.300 e. The molecule has 0 aromatic heterocycles. The standard InChI is InChI=1S/C25H39O.6Y/c1-7-8-19-24(3,4)20-16-14-12-10-9-11-13-15-17-21-25(5,6)22-18-23(2)26;;;;;;/h9-17,20-21H,7-8,18-19,22H2,1-6H3;;;;;;/q-3;;;;;;/b12-10-,13-11-,20-16-,21-17-;;;;;;. The summed E-state index contributed by atoms with van der Waals surface area (Å²) in [5.74, 6) is 0.257. The molecule has 0 heterocycles. The molecule has 7 heteroatoms. The Labute approximate surface area is 351 Å². The zero-order valence-electron chi connectivity index (χ0n) is 21.3. The number of allylic oxidation sites excluding steroid dienone is 8. The van der Waals surface area contributed by atoms with Crippen molar-refractivity contribution in [2.75, 3.05) is 0 Å². The van der Waals surface area contributed by atoms with E-state index in [0.717, 1.165) is 6.42 Å². The molecule has 6 radical (unpaired) electrons. The summed E-state index contributed by atoms with van der Waals surface area (Å²) in [6, 6.07) is 0. The van der Waals surface area contributed by atoms with Crippen LogP contribution in [0.5, 0.6) is 0 Å². The predicted molar refractivity (Wildman–Crippen MR) is 116 cm³/mol. The molecular formula is C25H39OY6-3. The summed E-state index contributed by atoms with van der Waals surface area (Å²) in [6.45, 7) is 12.8. The van der Waals surface area contributed by atoms with Crippen molar-refractivity contribution in [3.63, 3.8) is 0 Å². The summed E-state index contributed by atoms with van der Waals surface area (Å²) < 4.78 is 0. The molecule has 0 aromatic rings. The molecule has 0 bridgehead atoms. The van der Waals surface area contributed by atoms with Crippen LogP contribution in [0.1, 0.15) is 73.6 Å². The first-order valence-electron chi connectivity index (χ1n) is 9.88. The second kappa shape index (κ2) is 33.9. The van der Waals surface area contributed by atoms with E-state index in [1.807, 2.05) is 31.1 Å². The molecule has 0 amide bonds. The maximum atomic E-state index is 11.1. The Morgan fingerprint density at radius 2 is 1.00 bits per heavy atom. The smallest absolute Gasteiger partial charge is 0.129 e. The summed E-state index contributed by atoms with van der Waals surface area (Å²) in [6.07, 6.45) is 28.2. The molecule has 0 aliphatic rings. The molecule has 0 saturated carbocycles. The zero-order valence-corrected chi connectivity index (χ0v) is 38.3. The van der Waals surface area contributed by atoms with Crippen LogP contribution in [0, 0.1) is 30.1 Å². The molecular weight excluding hydrogens is 850 g/mol. The minimum atomic E-state index is 0. The van der Waals surface area contributed by atoms with Crippen LogP contribution in [0.15, 0.2) is 48.6 Å². The van der Waals surface area contributed by atoms with Gasteiger partial charge in [0.2, 0.25) is 0 Å². The van der Waals surface area contributed by atoms with Crippen LogP contribution in [0.4, 0.5) is 0 Å². The number of hydrogen-bond donors (Lipinski definition) is 0. The first kappa shape index (κ1) is 53.2. The first-order chi connectivity index (χ1) is 12.2. The van der Waals surface area contributed by atoms with E-state index in [-0.39, 0.29) is 213 Å². The molecule has 32 heavy (non-hydrogen) atoms. The fourth-order valence-corrected chi connectivity index (χ4v) is 2.38.